The van der Waals surface area contributed by atoms with Crippen LogP contribution in [0.25, 0.3) is 44.1 Å². The van der Waals surface area contributed by atoms with Crippen molar-refractivity contribution in [3.05, 3.63) is 113 Å². The Morgan fingerprint density at radius 2 is 1.61 bits per heavy atom. The van der Waals surface area contributed by atoms with Gasteiger partial charge < -0.3 is 14.2 Å². The highest BCUT2D eigenvalue weighted by molar-refractivity contribution is 7.90. The normalized spacial score (nSPS) is 15.7. The van der Waals surface area contributed by atoms with Crippen LogP contribution in [0.15, 0.2) is 107 Å². The van der Waals surface area contributed by atoms with Gasteiger partial charge in [0.25, 0.3) is 15.6 Å². The minimum Gasteiger partial charge on any atom is -0.492 e. The van der Waals surface area contributed by atoms with Gasteiger partial charge in [-0.15, -0.1) is 0 Å². The van der Waals surface area contributed by atoms with Gasteiger partial charge >= 0.3 is 0 Å². The molecule has 1 atom stereocenters. The van der Waals surface area contributed by atoms with Gasteiger partial charge in [0.15, 0.2) is 0 Å². The van der Waals surface area contributed by atoms with Crippen molar-refractivity contribution in [2.24, 2.45) is 7.05 Å². The number of benzene rings is 3. The third-order valence-corrected chi connectivity index (χ3v) is 11.1. The summed E-state index contributed by atoms with van der Waals surface area (Å²) >= 11 is 0. The molecule has 11 heteroatoms. The van der Waals surface area contributed by atoms with Crippen molar-refractivity contribution in [3.63, 3.8) is 0 Å². The number of carbonyl (C=O) groups is 1. The SMILES string of the molecule is Cc1ccc(S(=O)(=O)n2ccc3c(-c4cc5ccc(-c6ccc(OCCN7CCN(C)C(=O)[C@H]7C)cc6)cc5cn4)cn(C)c(=O)c32)cc1. The van der Waals surface area contributed by atoms with Gasteiger partial charge in [-0.05, 0) is 72.8 Å². The first-order chi connectivity index (χ1) is 23.5. The second kappa shape index (κ2) is 12.6. The van der Waals surface area contributed by atoms with Gasteiger partial charge in [-0.25, -0.2) is 12.4 Å². The molecule has 6 aromatic rings. The summed E-state index contributed by atoms with van der Waals surface area (Å²) < 4.78 is 35.6. The monoisotopic (exact) mass is 675 g/mol. The Balaban J connectivity index is 1.12. The van der Waals surface area contributed by atoms with E-state index >= 15 is 0 Å². The maximum absolute atomic E-state index is 13.6. The Kier molecular flexibility index (Phi) is 8.33. The molecule has 7 rings (SSSR count). The molecule has 49 heavy (non-hydrogen) atoms. The van der Waals surface area contributed by atoms with E-state index in [2.05, 4.69) is 17.0 Å². The number of ether oxygens (including phenoxy) is 1. The highest BCUT2D eigenvalue weighted by atomic mass is 32.2. The molecule has 1 fully saturated rings. The molecule has 0 N–H and O–H groups in total. The van der Waals surface area contributed by atoms with Gasteiger partial charge in [0.1, 0.15) is 17.9 Å². The number of aromatic nitrogens is 3. The molecule has 0 bridgehead atoms. The zero-order valence-electron chi connectivity index (χ0n) is 27.8. The first kappa shape index (κ1) is 32.3. The minimum absolute atomic E-state index is 0.0780. The summed E-state index contributed by atoms with van der Waals surface area (Å²) in [5.74, 6) is 0.914. The number of hydrogen-bond acceptors (Lipinski definition) is 7. The lowest BCUT2D eigenvalue weighted by molar-refractivity contribution is -0.139. The number of fused-ring (bicyclic) bond motifs is 2. The lowest BCUT2D eigenvalue weighted by Crippen LogP contribution is -2.55. The summed E-state index contributed by atoms with van der Waals surface area (Å²) in [6.45, 7) is 6.58. The molecule has 4 heterocycles. The first-order valence-corrected chi connectivity index (χ1v) is 17.6. The fraction of sp³-hybridized carbons (Fsp3) is 0.237. The summed E-state index contributed by atoms with van der Waals surface area (Å²) in [4.78, 5) is 34.4. The van der Waals surface area contributed by atoms with E-state index in [0.717, 1.165) is 50.3 Å². The maximum Gasteiger partial charge on any atom is 0.275 e. The number of hydrogen-bond donors (Lipinski definition) is 0. The molecule has 1 aliphatic rings. The Bertz CT molecular complexity index is 2380. The molecule has 0 saturated carbocycles. The van der Waals surface area contributed by atoms with E-state index in [1.54, 1.807) is 54.7 Å². The third kappa shape index (κ3) is 6.00. The van der Waals surface area contributed by atoms with Crippen molar-refractivity contribution in [3.8, 4) is 28.1 Å². The number of rotatable bonds is 8. The standard InChI is InChI=1S/C38H37N5O5S/c1-25-5-13-32(14-6-25)49(46,47)43-16-15-33-34(24-41(4)38(45)36(33)43)35-22-29-8-7-28(21-30(29)23-39-35)27-9-11-31(12-10-27)48-20-19-42-18-17-40(3)37(44)26(42)2/h5-16,21-24,26H,17-20H2,1-4H3/t26-/m1/s1. The van der Waals surface area contributed by atoms with E-state index in [-0.39, 0.29) is 22.4 Å². The Labute approximate surface area is 284 Å². The molecule has 3 aromatic heterocycles. The van der Waals surface area contributed by atoms with E-state index in [4.69, 9.17) is 9.72 Å². The van der Waals surface area contributed by atoms with Crippen molar-refractivity contribution in [2.45, 2.75) is 24.8 Å². The fourth-order valence-corrected chi connectivity index (χ4v) is 7.76. The molecule has 0 unspecified atom stereocenters. The zero-order valence-corrected chi connectivity index (χ0v) is 28.6. The van der Waals surface area contributed by atoms with Crippen LogP contribution in [0.5, 0.6) is 5.75 Å². The maximum atomic E-state index is 13.6. The zero-order chi connectivity index (χ0) is 34.4. The Morgan fingerprint density at radius 1 is 0.878 bits per heavy atom. The van der Waals surface area contributed by atoms with Crippen LogP contribution in [-0.4, -0.2) is 77.0 Å². The van der Waals surface area contributed by atoms with E-state index in [1.165, 1.54) is 10.8 Å². The second-order valence-electron chi connectivity index (χ2n) is 12.6. The molecule has 250 valence electrons. The summed E-state index contributed by atoms with van der Waals surface area (Å²) in [5.41, 5.74) is 3.95. The van der Waals surface area contributed by atoms with Crippen LogP contribution in [0, 0.1) is 6.92 Å². The molecule has 3 aromatic carbocycles. The van der Waals surface area contributed by atoms with Crippen molar-refractivity contribution < 1.29 is 17.9 Å². The van der Waals surface area contributed by atoms with E-state index in [0.29, 0.717) is 29.8 Å². The molecule has 10 nitrogen and oxygen atoms in total. The van der Waals surface area contributed by atoms with Crippen LogP contribution in [0.3, 0.4) is 0 Å². The van der Waals surface area contributed by atoms with E-state index < -0.39 is 15.6 Å². The second-order valence-corrected chi connectivity index (χ2v) is 14.4. The fourth-order valence-electron chi connectivity index (χ4n) is 6.41. The smallest absolute Gasteiger partial charge is 0.275 e. The van der Waals surface area contributed by atoms with Gasteiger partial charge in [-0.3, -0.25) is 19.5 Å². The number of likely N-dealkylation sites (N-methyl/N-ethyl adjacent to an activating group) is 1. The topological polar surface area (TPSA) is 107 Å². The lowest BCUT2D eigenvalue weighted by atomic mass is 10.0. The average molecular weight is 676 g/mol. The molecule has 0 spiro atoms. The molecular weight excluding hydrogens is 639 g/mol. The summed E-state index contributed by atoms with van der Waals surface area (Å²) in [6, 6.07) is 24.2. The van der Waals surface area contributed by atoms with Crippen LogP contribution in [0.1, 0.15) is 12.5 Å². The predicted molar refractivity (Wildman–Crippen MR) is 191 cm³/mol. The van der Waals surface area contributed by atoms with E-state index in [9.17, 15) is 18.0 Å². The van der Waals surface area contributed by atoms with Crippen molar-refractivity contribution >= 4 is 37.6 Å². The van der Waals surface area contributed by atoms with Crippen LogP contribution >= 0.6 is 0 Å². The summed E-state index contributed by atoms with van der Waals surface area (Å²) in [6.07, 6.45) is 4.93. The van der Waals surface area contributed by atoms with Crippen molar-refractivity contribution in [1.82, 2.24) is 23.3 Å². The van der Waals surface area contributed by atoms with E-state index in [1.807, 2.05) is 57.3 Å². The number of piperazine rings is 1. The number of nitrogens with zero attached hydrogens (tertiary/aromatic N) is 5. The molecule has 0 radical (unpaired) electrons. The van der Waals surface area contributed by atoms with Crippen molar-refractivity contribution in [1.29, 1.82) is 0 Å². The molecule has 1 saturated heterocycles. The van der Waals surface area contributed by atoms with Crippen LogP contribution in [0.4, 0.5) is 0 Å². The number of amides is 1. The highest BCUT2D eigenvalue weighted by Gasteiger charge is 2.29. The van der Waals surface area contributed by atoms with Gasteiger partial charge in [0.2, 0.25) is 5.91 Å². The number of pyridine rings is 2. The molecular formula is C38H37N5O5S. The van der Waals surface area contributed by atoms with Crippen LogP contribution in [-0.2, 0) is 21.9 Å². The average Bonchev–Trinajstić information content (AvgIpc) is 3.57. The summed E-state index contributed by atoms with van der Waals surface area (Å²) in [5, 5.41) is 2.41. The van der Waals surface area contributed by atoms with Gasteiger partial charge in [-0.1, -0.05) is 42.0 Å². The Morgan fingerprint density at radius 3 is 2.37 bits per heavy atom. The first-order valence-electron chi connectivity index (χ1n) is 16.2. The third-order valence-electron chi connectivity index (χ3n) is 9.40. The lowest BCUT2D eigenvalue weighted by Gasteiger charge is -2.37. The molecule has 0 aliphatic carbocycles. The quantitative estimate of drug-likeness (QED) is 0.215. The number of carbonyl (C=O) groups excluding carboxylic acids is 1. The number of aryl methyl sites for hydroxylation is 2. The van der Waals surface area contributed by atoms with Gasteiger partial charge in [0.05, 0.1) is 16.6 Å². The minimum atomic E-state index is -4.00. The molecule has 1 aliphatic heterocycles. The molecule has 1 amide bonds. The Hall–Kier alpha value is -5.26. The largest absolute Gasteiger partial charge is 0.492 e. The van der Waals surface area contributed by atoms with Gasteiger partial charge in [-0.2, -0.15) is 0 Å². The predicted octanol–water partition coefficient (Wildman–Crippen LogP) is 5.31. The van der Waals surface area contributed by atoms with Crippen molar-refractivity contribution in [2.75, 3.05) is 33.3 Å². The highest BCUT2D eigenvalue weighted by Crippen LogP contribution is 2.32. The van der Waals surface area contributed by atoms with Crippen LogP contribution < -0.4 is 10.3 Å². The van der Waals surface area contributed by atoms with Gasteiger partial charge in [0, 0.05) is 68.7 Å². The summed E-state index contributed by atoms with van der Waals surface area (Å²) in [7, 11) is -0.546. The van der Waals surface area contributed by atoms with Crippen LogP contribution in [0.2, 0.25) is 0 Å².